The topological polar surface area (TPSA) is 59.8 Å². The van der Waals surface area contributed by atoms with Crippen molar-refractivity contribution in [2.75, 3.05) is 51.3 Å². The molecular formula is C19H28N4O2. The van der Waals surface area contributed by atoms with Gasteiger partial charge in [-0.15, -0.1) is 0 Å². The zero-order valence-corrected chi connectivity index (χ0v) is 15.7. The number of anilines is 1. The van der Waals surface area contributed by atoms with Crippen LogP contribution in [-0.4, -0.2) is 67.6 Å². The zero-order valence-electron chi connectivity index (χ0n) is 15.7. The van der Waals surface area contributed by atoms with E-state index in [1.54, 1.807) is 20.9 Å². The van der Waals surface area contributed by atoms with Gasteiger partial charge in [0.05, 0.1) is 24.9 Å². The third-order valence-electron chi connectivity index (χ3n) is 4.72. The van der Waals surface area contributed by atoms with Crippen LogP contribution >= 0.6 is 0 Å². The van der Waals surface area contributed by atoms with E-state index in [9.17, 15) is 10.1 Å². The number of benzene rings is 1. The van der Waals surface area contributed by atoms with Crippen molar-refractivity contribution in [3.05, 3.63) is 24.3 Å². The van der Waals surface area contributed by atoms with Gasteiger partial charge in [-0.1, -0.05) is 12.1 Å². The first-order valence-corrected chi connectivity index (χ1v) is 8.76. The predicted molar refractivity (Wildman–Crippen MR) is 98.7 cm³/mol. The van der Waals surface area contributed by atoms with Gasteiger partial charge >= 0.3 is 0 Å². The Kier molecular flexibility index (Phi) is 6.27. The number of rotatable bonds is 6. The fraction of sp³-hybridized carbons (Fsp3) is 0.579. The van der Waals surface area contributed by atoms with E-state index in [1.165, 1.54) is 4.90 Å². The van der Waals surface area contributed by atoms with Gasteiger partial charge in [-0.3, -0.25) is 9.69 Å². The van der Waals surface area contributed by atoms with Crippen LogP contribution in [0.5, 0.6) is 5.75 Å². The first-order valence-electron chi connectivity index (χ1n) is 8.76. The summed E-state index contributed by atoms with van der Waals surface area (Å²) >= 11 is 0. The number of carbonyl (C=O) groups excluding carboxylic acids is 1. The monoisotopic (exact) mass is 344 g/mol. The summed E-state index contributed by atoms with van der Waals surface area (Å²) in [6.45, 7) is 9.82. The number of ether oxygens (including phenoxy) is 1. The van der Waals surface area contributed by atoms with E-state index in [2.05, 4.69) is 21.9 Å². The number of hydrogen-bond donors (Lipinski definition) is 0. The van der Waals surface area contributed by atoms with Crippen LogP contribution in [0, 0.1) is 11.3 Å². The van der Waals surface area contributed by atoms with Crippen LogP contribution in [0.1, 0.15) is 20.8 Å². The van der Waals surface area contributed by atoms with E-state index in [1.807, 2.05) is 25.1 Å². The molecule has 6 nitrogen and oxygen atoms in total. The van der Waals surface area contributed by atoms with Crippen molar-refractivity contribution in [2.45, 2.75) is 26.3 Å². The lowest BCUT2D eigenvalue weighted by Crippen LogP contribution is -2.52. The Morgan fingerprint density at radius 1 is 1.28 bits per heavy atom. The molecule has 0 aliphatic carbocycles. The normalized spacial score (nSPS) is 15.6. The molecule has 0 saturated carbocycles. The Morgan fingerprint density at radius 2 is 1.92 bits per heavy atom. The van der Waals surface area contributed by atoms with Crippen LogP contribution in [0.25, 0.3) is 0 Å². The Bertz CT molecular complexity index is 631. The molecule has 1 aliphatic rings. The molecule has 0 unspecified atom stereocenters. The average Bonchev–Trinajstić information content (AvgIpc) is 2.62. The molecule has 1 aliphatic heterocycles. The van der Waals surface area contributed by atoms with Crippen molar-refractivity contribution in [3.63, 3.8) is 0 Å². The fourth-order valence-electron chi connectivity index (χ4n) is 2.83. The van der Waals surface area contributed by atoms with E-state index >= 15 is 0 Å². The first kappa shape index (κ1) is 19.1. The van der Waals surface area contributed by atoms with Gasteiger partial charge in [0.2, 0.25) is 5.91 Å². The lowest BCUT2D eigenvalue weighted by atomic mass is 10.1. The maximum Gasteiger partial charge on any atom is 0.237 e. The molecule has 0 radical (unpaired) electrons. The van der Waals surface area contributed by atoms with Gasteiger partial charge in [-0.05, 0) is 32.9 Å². The van der Waals surface area contributed by atoms with E-state index in [-0.39, 0.29) is 5.91 Å². The molecule has 1 amide bonds. The lowest BCUT2D eigenvalue weighted by molar-refractivity contribution is -0.134. The summed E-state index contributed by atoms with van der Waals surface area (Å²) in [4.78, 5) is 18.4. The first-order chi connectivity index (χ1) is 11.9. The third kappa shape index (κ3) is 4.64. The van der Waals surface area contributed by atoms with Gasteiger partial charge in [-0.25, -0.2) is 0 Å². The second-order valence-electron chi connectivity index (χ2n) is 6.79. The van der Waals surface area contributed by atoms with E-state index < -0.39 is 5.54 Å². The number of piperazine rings is 1. The molecule has 1 aromatic rings. The van der Waals surface area contributed by atoms with Crippen molar-refractivity contribution in [3.8, 4) is 11.8 Å². The molecule has 0 atom stereocenters. The predicted octanol–water partition coefficient (Wildman–Crippen LogP) is 1.97. The molecule has 1 aromatic carbocycles. The fourth-order valence-corrected chi connectivity index (χ4v) is 2.83. The van der Waals surface area contributed by atoms with Crippen molar-refractivity contribution in [2.24, 2.45) is 0 Å². The van der Waals surface area contributed by atoms with Gasteiger partial charge in [0.1, 0.15) is 11.3 Å². The lowest BCUT2D eigenvalue weighted by Gasteiger charge is -2.38. The quantitative estimate of drug-likeness (QED) is 0.790. The van der Waals surface area contributed by atoms with Gasteiger partial charge in [-0.2, -0.15) is 5.26 Å². The smallest absolute Gasteiger partial charge is 0.237 e. The molecule has 0 aromatic heterocycles. The summed E-state index contributed by atoms with van der Waals surface area (Å²) in [7, 11) is 1.69. The minimum absolute atomic E-state index is 0.0188. The summed E-state index contributed by atoms with van der Waals surface area (Å²) < 4.78 is 5.72. The summed E-state index contributed by atoms with van der Waals surface area (Å²) in [5, 5.41) is 9.17. The number of para-hydroxylation sites is 2. The Labute approximate surface area is 150 Å². The van der Waals surface area contributed by atoms with Gasteiger partial charge in [0.15, 0.2) is 0 Å². The standard InChI is InChI=1S/C19H28N4O2/c1-5-25-17-9-7-6-8-16(17)23-12-10-22(11-13-23)14-18(24)21(4)19(2,3)15-20/h6-9H,5,10-14H2,1-4H3. The molecular weight excluding hydrogens is 316 g/mol. The van der Waals surface area contributed by atoms with Crippen molar-refractivity contribution in [1.29, 1.82) is 5.26 Å². The van der Waals surface area contributed by atoms with Crippen LogP contribution < -0.4 is 9.64 Å². The molecule has 0 N–H and O–H groups in total. The second kappa shape index (κ2) is 8.21. The van der Waals surface area contributed by atoms with Crippen LogP contribution in [0.2, 0.25) is 0 Å². The highest BCUT2D eigenvalue weighted by atomic mass is 16.5. The minimum Gasteiger partial charge on any atom is -0.492 e. The Hall–Kier alpha value is -2.26. The highest BCUT2D eigenvalue weighted by Crippen LogP contribution is 2.28. The maximum atomic E-state index is 12.4. The summed E-state index contributed by atoms with van der Waals surface area (Å²) in [5.41, 5.74) is 0.327. The second-order valence-corrected chi connectivity index (χ2v) is 6.79. The third-order valence-corrected chi connectivity index (χ3v) is 4.72. The molecule has 1 heterocycles. The molecule has 136 valence electrons. The Balaban J connectivity index is 1.92. The largest absolute Gasteiger partial charge is 0.492 e. The summed E-state index contributed by atoms with van der Waals surface area (Å²) in [6.07, 6.45) is 0. The number of nitrogens with zero attached hydrogens (tertiary/aromatic N) is 4. The Morgan fingerprint density at radius 3 is 2.52 bits per heavy atom. The molecule has 0 spiro atoms. The molecule has 1 saturated heterocycles. The molecule has 2 rings (SSSR count). The van der Waals surface area contributed by atoms with Crippen LogP contribution in [0.3, 0.4) is 0 Å². The van der Waals surface area contributed by atoms with Gasteiger partial charge < -0.3 is 14.5 Å². The summed E-state index contributed by atoms with van der Waals surface area (Å²) in [5.74, 6) is 0.889. The molecule has 1 fully saturated rings. The van der Waals surface area contributed by atoms with Crippen LogP contribution in [-0.2, 0) is 4.79 Å². The maximum absolute atomic E-state index is 12.4. The number of hydrogen-bond acceptors (Lipinski definition) is 5. The van der Waals surface area contributed by atoms with E-state index in [4.69, 9.17) is 4.74 Å². The van der Waals surface area contributed by atoms with Gasteiger partial charge in [0.25, 0.3) is 0 Å². The molecule has 25 heavy (non-hydrogen) atoms. The SMILES string of the molecule is CCOc1ccccc1N1CCN(CC(=O)N(C)C(C)(C)C#N)CC1. The minimum atomic E-state index is -0.782. The highest BCUT2D eigenvalue weighted by Gasteiger charge is 2.29. The van der Waals surface area contributed by atoms with Crippen LogP contribution in [0.15, 0.2) is 24.3 Å². The van der Waals surface area contributed by atoms with E-state index in [0.717, 1.165) is 37.6 Å². The number of likely N-dealkylation sites (N-methyl/N-ethyl adjacent to an activating group) is 1. The average molecular weight is 344 g/mol. The summed E-state index contributed by atoms with van der Waals surface area (Å²) in [6, 6.07) is 10.2. The van der Waals surface area contributed by atoms with Crippen molar-refractivity contribution >= 4 is 11.6 Å². The number of carbonyl (C=O) groups is 1. The van der Waals surface area contributed by atoms with Crippen molar-refractivity contribution < 1.29 is 9.53 Å². The van der Waals surface area contributed by atoms with Gasteiger partial charge in [0, 0.05) is 33.2 Å². The molecule has 0 bridgehead atoms. The highest BCUT2D eigenvalue weighted by molar-refractivity contribution is 5.79. The number of nitriles is 1. The zero-order chi connectivity index (χ0) is 18.4. The van der Waals surface area contributed by atoms with Crippen LogP contribution in [0.4, 0.5) is 5.69 Å². The van der Waals surface area contributed by atoms with Crippen molar-refractivity contribution in [1.82, 2.24) is 9.80 Å². The number of amides is 1. The van der Waals surface area contributed by atoms with E-state index in [0.29, 0.717) is 13.2 Å². The molecule has 6 heteroatoms.